The molecule has 11 rings (SSSR count). The molecule has 2 fully saturated rings. The van der Waals surface area contributed by atoms with Gasteiger partial charge in [0.05, 0.1) is 45.2 Å². The van der Waals surface area contributed by atoms with E-state index in [0.717, 1.165) is 22.6 Å². The number of unbranched alkanes of at least 4 members (excludes halogenated alkanes) is 1. The second-order valence-corrected chi connectivity index (χ2v) is 29.9. The lowest BCUT2D eigenvalue weighted by molar-refractivity contribution is -0.148. The Labute approximate surface area is 619 Å². The van der Waals surface area contributed by atoms with E-state index in [4.69, 9.17) is 28.4 Å². The first-order valence-electron chi connectivity index (χ1n) is 33.5. The lowest BCUT2D eigenvalue weighted by atomic mass is 9.87. The molecular formula is C88H96O12S3. The van der Waals surface area contributed by atoms with E-state index in [-0.39, 0.29) is 116 Å². The maximum Gasteiger partial charge on any atom is 0.333 e. The third kappa shape index (κ3) is 27.4. The highest BCUT2D eigenvalue weighted by Crippen LogP contribution is 2.36. The van der Waals surface area contributed by atoms with Crippen molar-refractivity contribution in [3.8, 4) is 17.2 Å². The van der Waals surface area contributed by atoms with Crippen molar-refractivity contribution in [2.45, 2.75) is 155 Å². The summed E-state index contributed by atoms with van der Waals surface area (Å²) < 4.78 is 31.9. The Balaban J connectivity index is 0.000000258. The average molecular weight is 1440 g/mol. The summed E-state index contributed by atoms with van der Waals surface area (Å²) >= 11 is 0. The molecule has 0 saturated heterocycles. The first kappa shape index (κ1) is 83.7. The lowest BCUT2D eigenvalue weighted by Gasteiger charge is -2.27. The molecule has 0 unspecified atom stereocenters. The van der Waals surface area contributed by atoms with Gasteiger partial charge < -0.3 is 50.7 Å². The van der Waals surface area contributed by atoms with Crippen LogP contribution in [0, 0.1) is 28.2 Å². The highest BCUT2D eigenvalue weighted by atomic mass is 32.2. The zero-order valence-corrected chi connectivity index (χ0v) is 62.7. The molecule has 9 aromatic rings. The molecule has 2 saturated carbocycles. The van der Waals surface area contributed by atoms with Gasteiger partial charge in [0.1, 0.15) is 29.5 Å². The van der Waals surface area contributed by atoms with Gasteiger partial charge >= 0.3 is 35.8 Å². The van der Waals surface area contributed by atoms with Gasteiger partial charge in [-0.3, -0.25) is 14.4 Å². The second kappa shape index (κ2) is 44.4. The van der Waals surface area contributed by atoms with Crippen LogP contribution in [0.2, 0.25) is 0 Å². The number of benzene rings is 9. The van der Waals surface area contributed by atoms with Gasteiger partial charge in [0.15, 0.2) is 44.1 Å². The number of rotatable bonds is 23. The fourth-order valence-electron chi connectivity index (χ4n) is 10.6. The smallest absolute Gasteiger partial charge is 0.333 e. The molecule has 0 aliphatic heterocycles. The molecule has 2 aliphatic carbocycles. The van der Waals surface area contributed by atoms with Crippen molar-refractivity contribution in [3.05, 3.63) is 314 Å². The molecule has 0 heterocycles. The maximum atomic E-state index is 12.7. The SMILES string of the molecule is C=C(C)C(=O)OC1CCC(C(=O)Oc2ccc([S+](c3ccccc3)c3ccccc3)cc2)CC1.C=C(C)C(=O)OC1CCCC1.C=C(C)C(=O)OCCCCC(=O)Oc1ccc([S+](c2ccccc2)c2ccccc2)cc1.CC(=O)Oc1ccc([S+](c2ccccc2)c2ccccc2)cc1.[CH3-].[CH3-].[CH3-]. The van der Waals surface area contributed by atoms with Crippen LogP contribution in [0.15, 0.2) is 335 Å². The normalized spacial score (nSPS) is 13.4. The Bertz CT molecular complexity index is 3950. The average Bonchev–Trinajstić information content (AvgIpc) is 1.11. The summed E-state index contributed by atoms with van der Waals surface area (Å²) in [4.78, 5) is 80.9. The molecule has 103 heavy (non-hydrogen) atoms. The molecular weight excluding hydrogens is 1350 g/mol. The molecule has 9 aromatic carbocycles. The monoisotopic (exact) mass is 1440 g/mol. The van der Waals surface area contributed by atoms with Gasteiger partial charge in [-0.05, 0) is 231 Å². The van der Waals surface area contributed by atoms with Crippen LogP contribution in [0.1, 0.15) is 98.3 Å². The van der Waals surface area contributed by atoms with E-state index in [1.807, 2.05) is 133 Å². The summed E-state index contributed by atoms with van der Waals surface area (Å²) in [6.45, 7) is 17.3. The standard InChI is InChI=1S/C29H29O4S.C27H27O4S.C20H17O2S.C9H14O2.3CH3/c1-21(2)28(30)32-23-15-13-22(14-16-23)29(31)33-24-17-19-27(20-18-24)34(25-9-5-3-6-10-25)26-11-7-4-8-12-26;1-21(2)27(29)30-20-10-9-15-26(28)31-22-16-18-25(19-17-22)32(23-11-5-3-6-12-23)24-13-7-4-8-14-24;1-16(21)22-17-12-14-20(15-13-17)23(18-8-4-2-5-9-18)19-10-6-3-7-11-19;1-7(2)9(10)11-8-5-3-4-6-8;;;/h3-12,17-20,22-23H,1,13-16H2,2H3;3-8,11-14,16-19H,1,9-10,15,20H2,2H3;2-15H,1H3;8H,1,3-6H2,2H3;3*1H3/q3*+1;;3*-1. The van der Waals surface area contributed by atoms with Crippen molar-refractivity contribution in [2.75, 3.05) is 6.61 Å². The van der Waals surface area contributed by atoms with Crippen LogP contribution in [0.5, 0.6) is 17.2 Å². The number of carbonyl (C=O) groups is 6. The predicted molar refractivity (Wildman–Crippen MR) is 416 cm³/mol. The first-order valence-corrected chi connectivity index (χ1v) is 37.2. The summed E-state index contributed by atoms with van der Waals surface area (Å²) in [6.07, 6.45) is 8.53. The van der Waals surface area contributed by atoms with Gasteiger partial charge in [0, 0.05) is 30.1 Å². The molecule has 0 atom stereocenters. The maximum absolute atomic E-state index is 12.7. The molecule has 538 valence electrons. The fraction of sp³-hybridized carbons (Fsp3) is 0.216. The lowest BCUT2D eigenvalue weighted by Crippen LogP contribution is -2.30. The Hall–Kier alpha value is -9.93. The molecule has 0 bridgehead atoms. The van der Waals surface area contributed by atoms with Crippen molar-refractivity contribution in [3.63, 3.8) is 0 Å². The van der Waals surface area contributed by atoms with Gasteiger partial charge in [-0.25, -0.2) is 14.4 Å². The predicted octanol–water partition coefficient (Wildman–Crippen LogP) is 20.4. The molecule has 0 aromatic heterocycles. The second-order valence-electron chi connectivity index (χ2n) is 23.8. The summed E-state index contributed by atoms with van der Waals surface area (Å²) in [7, 11) is -0.655. The summed E-state index contributed by atoms with van der Waals surface area (Å²) in [5.74, 6) is -0.356. The van der Waals surface area contributed by atoms with Crippen molar-refractivity contribution < 1.29 is 57.2 Å². The van der Waals surface area contributed by atoms with E-state index in [2.05, 4.69) is 141 Å². The topological polar surface area (TPSA) is 158 Å². The highest BCUT2D eigenvalue weighted by molar-refractivity contribution is 7.97. The van der Waals surface area contributed by atoms with E-state index in [0.29, 0.717) is 72.5 Å². The minimum absolute atomic E-state index is 0. The molecule has 0 amide bonds. The molecule has 2 aliphatic rings. The number of ether oxygens (including phenoxy) is 6. The van der Waals surface area contributed by atoms with Gasteiger partial charge in [0.25, 0.3) is 0 Å². The van der Waals surface area contributed by atoms with Crippen molar-refractivity contribution in [1.82, 2.24) is 0 Å². The molecule has 0 N–H and O–H groups in total. The Morgan fingerprint density at radius 1 is 0.340 bits per heavy atom. The fourth-order valence-corrected chi connectivity index (χ4v) is 16.9. The molecule has 12 nitrogen and oxygen atoms in total. The van der Waals surface area contributed by atoms with E-state index in [9.17, 15) is 28.8 Å². The van der Waals surface area contributed by atoms with Gasteiger partial charge in [-0.2, -0.15) is 0 Å². The van der Waals surface area contributed by atoms with Crippen molar-refractivity contribution in [2.24, 2.45) is 5.92 Å². The van der Waals surface area contributed by atoms with E-state index < -0.39 is 5.97 Å². The largest absolute Gasteiger partial charge is 0.462 e. The zero-order chi connectivity index (χ0) is 71.0. The van der Waals surface area contributed by atoms with Gasteiger partial charge in [-0.15, -0.1) is 0 Å². The zero-order valence-electron chi connectivity index (χ0n) is 60.2. The summed E-state index contributed by atoms with van der Waals surface area (Å²) in [5.41, 5.74) is 1.26. The number of hydrogen-bond donors (Lipinski definition) is 0. The van der Waals surface area contributed by atoms with Gasteiger partial charge in [-0.1, -0.05) is 129 Å². The minimum Gasteiger partial charge on any atom is -0.462 e. The molecule has 0 spiro atoms. The Morgan fingerprint density at radius 2 is 0.621 bits per heavy atom. The molecule has 15 heteroatoms. The van der Waals surface area contributed by atoms with Crippen molar-refractivity contribution >= 4 is 68.5 Å². The number of hydrogen-bond acceptors (Lipinski definition) is 12. The van der Waals surface area contributed by atoms with Crippen molar-refractivity contribution in [1.29, 1.82) is 0 Å². The van der Waals surface area contributed by atoms with Crippen LogP contribution >= 0.6 is 0 Å². The van der Waals surface area contributed by atoms with Crippen LogP contribution in [0.3, 0.4) is 0 Å². The van der Waals surface area contributed by atoms with Gasteiger partial charge in [0.2, 0.25) is 0 Å². The van der Waals surface area contributed by atoms with Crippen LogP contribution < -0.4 is 14.2 Å². The number of esters is 6. The summed E-state index contributed by atoms with van der Waals surface area (Å²) in [6, 6.07) is 85.8. The van der Waals surface area contributed by atoms with Crippen LogP contribution in [-0.2, 0) is 75.7 Å². The van der Waals surface area contributed by atoms with Crippen LogP contribution in [0.4, 0.5) is 0 Å². The third-order valence-electron chi connectivity index (χ3n) is 15.7. The van der Waals surface area contributed by atoms with E-state index in [1.165, 1.54) is 54.0 Å². The third-order valence-corrected chi connectivity index (χ3v) is 22.4. The Morgan fingerprint density at radius 3 is 0.922 bits per heavy atom. The van der Waals surface area contributed by atoms with Crippen LogP contribution in [0.25, 0.3) is 0 Å². The van der Waals surface area contributed by atoms with E-state index in [1.54, 1.807) is 20.8 Å². The summed E-state index contributed by atoms with van der Waals surface area (Å²) in [5, 5.41) is 0. The van der Waals surface area contributed by atoms with E-state index >= 15 is 0 Å². The van der Waals surface area contributed by atoms with Crippen LogP contribution in [-0.4, -0.2) is 54.6 Å². The number of carbonyl (C=O) groups excluding carboxylic acids is 6. The Kier molecular flexibility index (Phi) is 36.1. The first-order chi connectivity index (χ1) is 48.5. The minimum atomic E-state index is -0.405. The highest BCUT2D eigenvalue weighted by Gasteiger charge is 2.33. The quantitative estimate of drug-likeness (QED) is 0.0114. The molecule has 0 radical (unpaired) electrons.